The summed E-state index contributed by atoms with van der Waals surface area (Å²) in [5, 5.41) is 2.81. The molecule has 0 aliphatic heterocycles. The number of hydrogen-bond acceptors (Lipinski definition) is 4. The number of aromatic nitrogens is 1. The third-order valence-electron chi connectivity index (χ3n) is 3.92. The van der Waals surface area contributed by atoms with Crippen LogP contribution in [0.2, 0.25) is 0 Å². The van der Waals surface area contributed by atoms with Gasteiger partial charge in [-0.3, -0.25) is 14.6 Å². The van der Waals surface area contributed by atoms with Crippen molar-refractivity contribution in [1.82, 2.24) is 15.2 Å². The molecule has 2 aromatic rings. The molecule has 0 saturated heterocycles. The molecular weight excluding hydrogens is 318 g/mol. The predicted molar refractivity (Wildman–Crippen MR) is 95.7 cm³/mol. The van der Waals surface area contributed by atoms with Gasteiger partial charge in [0.15, 0.2) is 0 Å². The van der Waals surface area contributed by atoms with Crippen molar-refractivity contribution in [3.8, 4) is 5.75 Å². The van der Waals surface area contributed by atoms with Crippen LogP contribution in [0.3, 0.4) is 0 Å². The lowest BCUT2D eigenvalue weighted by Gasteiger charge is -2.18. The summed E-state index contributed by atoms with van der Waals surface area (Å²) in [6.45, 7) is 5.39. The van der Waals surface area contributed by atoms with Crippen molar-refractivity contribution in [3.05, 3.63) is 59.4 Å². The summed E-state index contributed by atoms with van der Waals surface area (Å²) in [6.07, 6.45) is 1.48. The number of nitrogens with one attached hydrogen (secondary N) is 1. The Balaban J connectivity index is 2.09. The summed E-state index contributed by atoms with van der Waals surface area (Å²) >= 11 is 0. The first kappa shape index (κ1) is 18.4. The molecule has 1 aromatic carbocycles. The summed E-state index contributed by atoms with van der Waals surface area (Å²) in [6, 6.07) is 10.6. The Kier molecular flexibility index (Phi) is 6.51. The fourth-order valence-electron chi connectivity index (χ4n) is 2.50. The minimum atomic E-state index is -0.333. The molecule has 0 bridgehead atoms. The van der Waals surface area contributed by atoms with E-state index in [0.717, 1.165) is 5.56 Å². The van der Waals surface area contributed by atoms with E-state index in [2.05, 4.69) is 10.3 Å². The van der Waals surface area contributed by atoms with Crippen molar-refractivity contribution in [2.45, 2.75) is 20.4 Å². The number of benzene rings is 1. The van der Waals surface area contributed by atoms with E-state index in [4.69, 9.17) is 4.74 Å². The smallest absolute Gasteiger partial charge is 0.270 e. The van der Waals surface area contributed by atoms with Crippen LogP contribution in [0.1, 0.15) is 40.3 Å². The van der Waals surface area contributed by atoms with E-state index in [1.807, 2.05) is 38.1 Å². The molecule has 6 nitrogen and oxygen atoms in total. The topological polar surface area (TPSA) is 71.5 Å². The van der Waals surface area contributed by atoms with Gasteiger partial charge in [-0.2, -0.15) is 0 Å². The molecule has 0 spiro atoms. The zero-order valence-corrected chi connectivity index (χ0v) is 14.8. The number of carbonyl (C=O) groups excluding carboxylic acids is 2. The summed E-state index contributed by atoms with van der Waals surface area (Å²) in [4.78, 5) is 30.5. The highest BCUT2D eigenvalue weighted by molar-refractivity contribution is 5.98. The van der Waals surface area contributed by atoms with Crippen LogP contribution in [0, 0.1) is 0 Å². The van der Waals surface area contributed by atoms with Crippen molar-refractivity contribution >= 4 is 11.8 Å². The molecular formula is C19H23N3O3. The van der Waals surface area contributed by atoms with Crippen molar-refractivity contribution in [2.75, 3.05) is 20.2 Å². The zero-order chi connectivity index (χ0) is 18.2. The number of para-hydroxylation sites is 1. The Morgan fingerprint density at radius 3 is 2.56 bits per heavy atom. The number of ether oxygens (including phenoxy) is 1. The van der Waals surface area contributed by atoms with Gasteiger partial charge >= 0.3 is 0 Å². The molecule has 1 aromatic heterocycles. The SMILES string of the molecule is CCN(CC)C(=O)c1ccnc(C(=O)NCc2ccccc2OC)c1. The van der Waals surface area contributed by atoms with E-state index in [0.29, 0.717) is 30.9 Å². The second kappa shape index (κ2) is 8.82. The van der Waals surface area contributed by atoms with Gasteiger partial charge in [-0.25, -0.2) is 0 Å². The Hall–Kier alpha value is -2.89. The first-order valence-electron chi connectivity index (χ1n) is 8.26. The maximum Gasteiger partial charge on any atom is 0.270 e. The number of nitrogens with zero attached hydrogens (tertiary/aromatic N) is 2. The van der Waals surface area contributed by atoms with Crippen LogP contribution >= 0.6 is 0 Å². The molecule has 25 heavy (non-hydrogen) atoms. The molecule has 132 valence electrons. The Labute approximate surface area is 147 Å². The fourth-order valence-corrected chi connectivity index (χ4v) is 2.50. The van der Waals surface area contributed by atoms with Crippen molar-refractivity contribution in [2.24, 2.45) is 0 Å². The summed E-state index contributed by atoms with van der Waals surface area (Å²) in [5.74, 6) is 0.271. The Morgan fingerprint density at radius 1 is 1.16 bits per heavy atom. The lowest BCUT2D eigenvalue weighted by atomic mass is 10.1. The number of carbonyl (C=O) groups is 2. The van der Waals surface area contributed by atoms with Crippen LogP contribution in [0.15, 0.2) is 42.6 Å². The molecule has 1 heterocycles. The van der Waals surface area contributed by atoms with Crippen LogP contribution in [0.25, 0.3) is 0 Å². The van der Waals surface area contributed by atoms with Gasteiger partial charge in [-0.1, -0.05) is 18.2 Å². The van der Waals surface area contributed by atoms with Crippen LogP contribution in [0.4, 0.5) is 0 Å². The second-order valence-electron chi connectivity index (χ2n) is 5.40. The number of hydrogen-bond donors (Lipinski definition) is 1. The van der Waals surface area contributed by atoms with Crippen LogP contribution < -0.4 is 10.1 Å². The van der Waals surface area contributed by atoms with Crippen LogP contribution in [-0.2, 0) is 6.54 Å². The first-order valence-corrected chi connectivity index (χ1v) is 8.26. The lowest BCUT2D eigenvalue weighted by molar-refractivity contribution is 0.0773. The van der Waals surface area contributed by atoms with Gasteiger partial charge in [0, 0.05) is 37.0 Å². The predicted octanol–water partition coefficient (Wildman–Crippen LogP) is 2.50. The highest BCUT2D eigenvalue weighted by Gasteiger charge is 2.15. The van der Waals surface area contributed by atoms with Gasteiger partial charge in [0.2, 0.25) is 0 Å². The lowest BCUT2D eigenvalue weighted by Crippen LogP contribution is -2.31. The van der Waals surface area contributed by atoms with Gasteiger partial charge in [0.05, 0.1) is 7.11 Å². The van der Waals surface area contributed by atoms with Gasteiger partial charge < -0.3 is 15.0 Å². The van der Waals surface area contributed by atoms with E-state index >= 15 is 0 Å². The number of pyridine rings is 1. The molecule has 0 aliphatic rings. The molecule has 0 radical (unpaired) electrons. The quantitative estimate of drug-likeness (QED) is 0.840. The summed E-state index contributed by atoms with van der Waals surface area (Å²) < 4.78 is 5.27. The van der Waals surface area contributed by atoms with Crippen molar-refractivity contribution in [3.63, 3.8) is 0 Å². The first-order chi connectivity index (χ1) is 12.1. The van der Waals surface area contributed by atoms with Gasteiger partial charge in [0.25, 0.3) is 11.8 Å². The minimum absolute atomic E-state index is 0.105. The van der Waals surface area contributed by atoms with E-state index in [1.54, 1.807) is 18.1 Å². The number of methoxy groups -OCH3 is 1. The zero-order valence-electron chi connectivity index (χ0n) is 14.8. The average molecular weight is 341 g/mol. The molecule has 0 unspecified atom stereocenters. The molecule has 0 atom stereocenters. The van der Waals surface area contributed by atoms with E-state index < -0.39 is 0 Å². The molecule has 6 heteroatoms. The monoisotopic (exact) mass is 341 g/mol. The average Bonchev–Trinajstić information content (AvgIpc) is 2.67. The van der Waals surface area contributed by atoms with Gasteiger partial charge in [-0.15, -0.1) is 0 Å². The standard InChI is InChI=1S/C19H23N3O3/c1-4-22(5-2)19(24)14-10-11-20-16(12-14)18(23)21-13-15-8-6-7-9-17(15)25-3/h6-12H,4-5,13H2,1-3H3,(H,21,23). The molecule has 0 aliphatic carbocycles. The van der Waals surface area contributed by atoms with Gasteiger partial charge in [0.1, 0.15) is 11.4 Å². The Bertz CT molecular complexity index is 742. The van der Waals surface area contributed by atoms with Crippen molar-refractivity contribution in [1.29, 1.82) is 0 Å². The fraction of sp³-hybridized carbons (Fsp3) is 0.316. The third kappa shape index (κ3) is 4.56. The second-order valence-corrected chi connectivity index (χ2v) is 5.40. The molecule has 0 fully saturated rings. The molecule has 2 rings (SSSR count). The summed E-state index contributed by atoms with van der Waals surface area (Å²) in [7, 11) is 1.59. The van der Waals surface area contributed by atoms with Crippen LogP contribution in [0.5, 0.6) is 5.75 Å². The minimum Gasteiger partial charge on any atom is -0.496 e. The highest BCUT2D eigenvalue weighted by Crippen LogP contribution is 2.17. The Morgan fingerprint density at radius 2 is 1.88 bits per heavy atom. The number of rotatable bonds is 7. The normalized spacial score (nSPS) is 10.2. The largest absolute Gasteiger partial charge is 0.496 e. The van der Waals surface area contributed by atoms with Crippen LogP contribution in [-0.4, -0.2) is 41.9 Å². The third-order valence-corrected chi connectivity index (χ3v) is 3.92. The van der Waals surface area contributed by atoms with Gasteiger partial charge in [-0.05, 0) is 32.0 Å². The van der Waals surface area contributed by atoms with E-state index in [-0.39, 0.29) is 17.5 Å². The molecule has 2 amide bonds. The highest BCUT2D eigenvalue weighted by atomic mass is 16.5. The van der Waals surface area contributed by atoms with E-state index in [1.165, 1.54) is 12.3 Å². The summed E-state index contributed by atoms with van der Waals surface area (Å²) in [5.41, 5.74) is 1.54. The molecule has 1 N–H and O–H groups in total. The van der Waals surface area contributed by atoms with E-state index in [9.17, 15) is 9.59 Å². The maximum absolute atomic E-state index is 12.4. The molecule has 0 saturated carbocycles. The maximum atomic E-state index is 12.4. The number of amides is 2. The van der Waals surface area contributed by atoms with Crippen molar-refractivity contribution < 1.29 is 14.3 Å².